The number of halogens is 1. The van der Waals surface area contributed by atoms with Gasteiger partial charge in [0.25, 0.3) is 5.91 Å². The van der Waals surface area contributed by atoms with E-state index in [9.17, 15) is 9.90 Å². The number of carbonyl (C=O) groups is 1. The summed E-state index contributed by atoms with van der Waals surface area (Å²) >= 11 is 6.28. The van der Waals surface area contributed by atoms with Gasteiger partial charge in [0.15, 0.2) is 0 Å². The van der Waals surface area contributed by atoms with Gasteiger partial charge in [-0.05, 0) is 30.7 Å². The van der Waals surface area contributed by atoms with Crippen LogP contribution >= 0.6 is 11.6 Å². The molecule has 1 N–H and O–H groups in total. The summed E-state index contributed by atoms with van der Waals surface area (Å²) < 4.78 is 1.67. The average Bonchev–Trinajstić information content (AvgIpc) is 3.33. The molecule has 1 saturated heterocycles. The number of likely N-dealkylation sites (tertiary alicyclic amines) is 1. The Morgan fingerprint density at radius 3 is 2.89 bits per heavy atom. The molecule has 1 aromatic carbocycles. The van der Waals surface area contributed by atoms with Gasteiger partial charge >= 0.3 is 0 Å². The van der Waals surface area contributed by atoms with Crippen LogP contribution in [0.4, 0.5) is 0 Å². The summed E-state index contributed by atoms with van der Waals surface area (Å²) in [6.07, 6.45) is 8.35. The zero-order valence-electron chi connectivity index (χ0n) is 14.4. The summed E-state index contributed by atoms with van der Waals surface area (Å²) in [5.74, 6) is -0.284. The van der Waals surface area contributed by atoms with Crippen LogP contribution in [-0.2, 0) is 6.42 Å². The van der Waals surface area contributed by atoms with Crippen molar-refractivity contribution in [3.05, 3.63) is 71.5 Å². The van der Waals surface area contributed by atoms with Gasteiger partial charge in [-0.15, -0.1) is 0 Å². The lowest BCUT2D eigenvalue weighted by molar-refractivity contribution is 0.0764. The Morgan fingerprint density at radius 2 is 2.15 bits per heavy atom. The van der Waals surface area contributed by atoms with Crippen molar-refractivity contribution in [2.75, 3.05) is 13.1 Å². The Morgan fingerprint density at radius 1 is 1.26 bits per heavy atom. The summed E-state index contributed by atoms with van der Waals surface area (Å²) in [5, 5.41) is 15.0. The molecule has 8 heteroatoms. The molecule has 138 valence electrons. The Bertz CT molecular complexity index is 933. The van der Waals surface area contributed by atoms with Gasteiger partial charge in [-0.25, -0.2) is 4.68 Å². The predicted molar refractivity (Wildman–Crippen MR) is 99.7 cm³/mol. The molecule has 3 aromatic rings. The minimum absolute atomic E-state index is 0.0845. The zero-order valence-corrected chi connectivity index (χ0v) is 15.2. The topological polar surface area (TPSA) is 84.1 Å². The Kier molecular flexibility index (Phi) is 4.87. The van der Waals surface area contributed by atoms with Gasteiger partial charge in [-0.3, -0.25) is 14.8 Å². The van der Waals surface area contributed by atoms with Gasteiger partial charge in [0.1, 0.15) is 0 Å². The smallest absolute Gasteiger partial charge is 0.255 e. The average molecular weight is 384 g/mol. The standard InChI is InChI=1S/C19H18ClN5O2/c20-17-3-2-15(25-7-1-4-23-25)9-16(17)19(27)24-11-13(18(26)12-24)8-14-10-21-5-6-22-14/h1-7,9-10,13,18,26H,8,11-12H2/t13-,18-/m1/s1. The molecule has 1 aliphatic rings. The molecule has 0 aliphatic carbocycles. The Balaban J connectivity index is 1.52. The van der Waals surface area contributed by atoms with Gasteiger partial charge < -0.3 is 10.0 Å². The molecular formula is C19H18ClN5O2. The largest absolute Gasteiger partial charge is 0.391 e. The predicted octanol–water partition coefficient (Wildman–Crippen LogP) is 1.99. The van der Waals surface area contributed by atoms with Gasteiger partial charge in [-0.2, -0.15) is 5.10 Å². The van der Waals surface area contributed by atoms with E-state index in [4.69, 9.17) is 11.6 Å². The number of amides is 1. The van der Waals surface area contributed by atoms with E-state index < -0.39 is 6.10 Å². The van der Waals surface area contributed by atoms with Crippen molar-refractivity contribution in [3.8, 4) is 5.69 Å². The number of hydrogen-bond donors (Lipinski definition) is 1. The number of aromatic nitrogens is 4. The highest BCUT2D eigenvalue weighted by Crippen LogP contribution is 2.26. The third-order valence-electron chi connectivity index (χ3n) is 4.73. The molecule has 2 aromatic heterocycles. The molecule has 0 unspecified atom stereocenters. The number of aliphatic hydroxyl groups is 1. The van der Waals surface area contributed by atoms with E-state index >= 15 is 0 Å². The van der Waals surface area contributed by atoms with Crippen LogP contribution in [0.15, 0.2) is 55.2 Å². The summed E-state index contributed by atoms with van der Waals surface area (Å²) in [5.41, 5.74) is 1.95. The highest BCUT2D eigenvalue weighted by Gasteiger charge is 2.35. The van der Waals surface area contributed by atoms with Crippen molar-refractivity contribution in [1.29, 1.82) is 0 Å². The molecule has 1 aliphatic heterocycles. The molecule has 0 bridgehead atoms. The molecule has 2 atom stereocenters. The Labute approximate surface area is 161 Å². The normalized spacial score (nSPS) is 19.4. The van der Waals surface area contributed by atoms with Crippen LogP contribution in [0, 0.1) is 5.92 Å². The Hall–Kier alpha value is -2.77. The number of hydrogen-bond acceptors (Lipinski definition) is 5. The maximum Gasteiger partial charge on any atom is 0.255 e. The minimum atomic E-state index is -0.607. The van der Waals surface area contributed by atoms with Crippen LogP contribution in [0.25, 0.3) is 5.69 Å². The number of aliphatic hydroxyl groups excluding tert-OH is 1. The van der Waals surface area contributed by atoms with E-state index in [1.54, 1.807) is 52.7 Å². The highest BCUT2D eigenvalue weighted by molar-refractivity contribution is 6.33. The molecule has 7 nitrogen and oxygen atoms in total. The van der Waals surface area contributed by atoms with Gasteiger partial charge in [0, 0.05) is 50.0 Å². The first-order valence-electron chi connectivity index (χ1n) is 8.63. The van der Waals surface area contributed by atoms with E-state index in [1.807, 2.05) is 12.1 Å². The third-order valence-corrected chi connectivity index (χ3v) is 5.06. The third kappa shape index (κ3) is 3.70. The zero-order chi connectivity index (χ0) is 18.8. The maximum absolute atomic E-state index is 13.0. The fourth-order valence-electron chi connectivity index (χ4n) is 3.34. The number of rotatable bonds is 4. The summed E-state index contributed by atoms with van der Waals surface area (Å²) in [4.78, 5) is 22.9. The minimum Gasteiger partial charge on any atom is -0.391 e. The van der Waals surface area contributed by atoms with Crippen molar-refractivity contribution in [2.24, 2.45) is 5.92 Å². The van der Waals surface area contributed by atoms with Crippen LogP contribution in [-0.4, -0.2) is 54.9 Å². The van der Waals surface area contributed by atoms with E-state index in [1.165, 1.54) is 0 Å². The molecule has 1 fully saturated rings. The monoisotopic (exact) mass is 383 g/mol. The molecule has 3 heterocycles. The van der Waals surface area contributed by atoms with E-state index in [0.29, 0.717) is 23.6 Å². The summed E-state index contributed by atoms with van der Waals surface area (Å²) in [7, 11) is 0. The van der Waals surface area contributed by atoms with E-state index in [2.05, 4.69) is 15.1 Å². The fraction of sp³-hybridized carbons (Fsp3) is 0.263. The fourth-order valence-corrected chi connectivity index (χ4v) is 3.53. The molecule has 0 spiro atoms. The highest BCUT2D eigenvalue weighted by atomic mass is 35.5. The molecule has 27 heavy (non-hydrogen) atoms. The van der Waals surface area contributed by atoms with Gasteiger partial charge in [0.2, 0.25) is 0 Å². The second-order valence-corrected chi connectivity index (χ2v) is 6.96. The molecule has 1 amide bonds. The second-order valence-electron chi connectivity index (χ2n) is 6.55. The first-order chi connectivity index (χ1) is 13.1. The van der Waals surface area contributed by atoms with Crippen molar-refractivity contribution < 1.29 is 9.90 Å². The molecule has 4 rings (SSSR count). The van der Waals surface area contributed by atoms with Crippen molar-refractivity contribution >= 4 is 17.5 Å². The van der Waals surface area contributed by atoms with Crippen molar-refractivity contribution in [3.63, 3.8) is 0 Å². The number of nitrogens with zero attached hydrogens (tertiary/aromatic N) is 5. The molecular weight excluding hydrogens is 366 g/mol. The lowest BCUT2D eigenvalue weighted by Gasteiger charge is -2.17. The van der Waals surface area contributed by atoms with Crippen LogP contribution in [0.2, 0.25) is 5.02 Å². The number of β-amino-alcohol motifs (C(OH)–C–C–N with tert-alkyl or cyclic N) is 1. The second kappa shape index (κ2) is 7.46. The van der Waals surface area contributed by atoms with Crippen molar-refractivity contribution in [1.82, 2.24) is 24.6 Å². The molecule has 0 saturated carbocycles. The van der Waals surface area contributed by atoms with Crippen LogP contribution in [0.5, 0.6) is 0 Å². The molecule has 0 radical (unpaired) electrons. The quantitative estimate of drug-likeness (QED) is 0.744. The lowest BCUT2D eigenvalue weighted by Crippen LogP contribution is -2.30. The van der Waals surface area contributed by atoms with Crippen LogP contribution < -0.4 is 0 Å². The van der Waals surface area contributed by atoms with Gasteiger partial charge in [-0.1, -0.05) is 11.6 Å². The van der Waals surface area contributed by atoms with Crippen molar-refractivity contribution in [2.45, 2.75) is 12.5 Å². The summed E-state index contributed by atoms with van der Waals surface area (Å²) in [6, 6.07) is 7.03. The SMILES string of the molecule is O=C(c1cc(-n2cccn2)ccc1Cl)N1C[C@@H](Cc2cnccn2)[C@H](O)C1. The number of benzene rings is 1. The first kappa shape index (κ1) is 17.6. The number of carbonyl (C=O) groups excluding carboxylic acids is 1. The van der Waals surface area contributed by atoms with E-state index in [-0.39, 0.29) is 18.4 Å². The lowest BCUT2D eigenvalue weighted by atomic mass is 10.0. The summed E-state index contributed by atoms with van der Waals surface area (Å²) in [6.45, 7) is 0.713. The maximum atomic E-state index is 13.0. The van der Waals surface area contributed by atoms with Crippen LogP contribution in [0.1, 0.15) is 16.1 Å². The van der Waals surface area contributed by atoms with E-state index in [0.717, 1.165) is 11.4 Å². The first-order valence-corrected chi connectivity index (χ1v) is 9.01. The van der Waals surface area contributed by atoms with Crippen LogP contribution in [0.3, 0.4) is 0 Å². The van der Waals surface area contributed by atoms with Gasteiger partial charge in [0.05, 0.1) is 28.1 Å².